The van der Waals surface area contributed by atoms with Gasteiger partial charge in [-0.3, -0.25) is 0 Å². The summed E-state index contributed by atoms with van der Waals surface area (Å²) in [4.78, 5) is 2.07. The lowest BCUT2D eigenvalue weighted by molar-refractivity contribution is -0.175. The van der Waals surface area contributed by atoms with E-state index in [2.05, 4.69) is 4.74 Å². The molecular formula is C11H15F3O2S. The van der Waals surface area contributed by atoms with Crippen LogP contribution in [-0.4, -0.2) is 24.5 Å². The molecule has 1 rings (SSSR count). The Bertz CT molecular complexity index is 360. The first kappa shape index (κ1) is 14.5. The molecule has 0 saturated heterocycles. The van der Waals surface area contributed by atoms with Crippen molar-refractivity contribution in [3.05, 3.63) is 21.4 Å². The minimum absolute atomic E-state index is 0.102. The first-order chi connectivity index (χ1) is 7.79. The van der Waals surface area contributed by atoms with Gasteiger partial charge in [-0.15, -0.1) is 11.3 Å². The number of rotatable bonds is 5. The number of aryl methyl sites for hydroxylation is 2. The van der Waals surface area contributed by atoms with Crippen molar-refractivity contribution in [2.24, 2.45) is 0 Å². The predicted octanol–water partition coefficient (Wildman–Crippen LogP) is 3.37. The number of hydrogen-bond donors (Lipinski definition) is 1. The number of aliphatic hydroxyl groups is 1. The van der Waals surface area contributed by atoms with Crippen LogP contribution in [0.1, 0.15) is 27.8 Å². The van der Waals surface area contributed by atoms with E-state index in [0.717, 1.165) is 15.3 Å². The van der Waals surface area contributed by atoms with Crippen LogP contribution in [0, 0.1) is 13.8 Å². The summed E-state index contributed by atoms with van der Waals surface area (Å²) in [5.74, 6) is 0. The van der Waals surface area contributed by atoms with Crippen molar-refractivity contribution in [3.63, 3.8) is 0 Å². The van der Waals surface area contributed by atoms with Crippen LogP contribution in [-0.2, 0) is 4.74 Å². The Morgan fingerprint density at radius 1 is 1.41 bits per heavy atom. The Kier molecular flexibility index (Phi) is 4.97. The minimum Gasteiger partial charge on any atom is -0.388 e. The van der Waals surface area contributed by atoms with Crippen molar-refractivity contribution in [2.75, 3.05) is 13.2 Å². The van der Waals surface area contributed by atoms with Crippen molar-refractivity contribution in [1.29, 1.82) is 0 Å². The molecule has 1 heterocycles. The van der Waals surface area contributed by atoms with E-state index in [0.29, 0.717) is 0 Å². The lowest BCUT2D eigenvalue weighted by atomic mass is 10.1. The summed E-state index contributed by atoms with van der Waals surface area (Å²) in [6.07, 6.45) is -4.89. The van der Waals surface area contributed by atoms with Crippen molar-refractivity contribution in [1.82, 2.24) is 0 Å². The number of hydrogen-bond acceptors (Lipinski definition) is 3. The fourth-order valence-electron chi connectivity index (χ4n) is 1.52. The first-order valence-electron chi connectivity index (χ1n) is 5.19. The second-order valence-electron chi connectivity index (χ2n) is 3.84. The third-order valence-electron chi connectivity index (χ3n) is 2.24. The summed E-state index contributed by atoms with van der Waals surface area (Å²) in [6, 6.07) is 1.86. The van der Waals surface area contributed by atoms with Gasteiger partial charge in [-0.1, -0.05) is 0 Å². The second kappa shape index (κ2) is 5.84. The SMILES string of the molecule is Cc1cc(C(O)CCOCC(F)(F)F)c(C)s1. The summed E-state index contributed by atoms with van der Waals surface area (Å²) in [7, 11) is 0. The van der Waals surface area contributed by atoms with Gasteiger partial charge in [0.15, 0.2) is 0 Å². The van der Waals surface area contributed by atoms with Crippen LogP contribution < -0.4 is 0 Å². The molecule has 0 aliphatic heterocycles. The lowest BCUT2D eigenvalue weighted by Gasteiger charge is -2.11. The molecule has 0 saturated carbocycles. The smallest absolute Gasteiger partial charge is 0.388 e. The molecule has 0 aromatic carbocycles. The van der Waals surface area contributed by atoms with Crippen LogP contribution in [0.4, 0.5) is 13.2 Å². The van der Waals surface area contributed by atoms with Crippen LogP contribution in [0.3, 0.4) is 0 Å². The van der Waals surface area contributed by atoms with Gasteiger partial charge in [-0.05, 0) is 25.5 Å². The van der Waals surface area contributed by atoms with Crippen LogP contribution >= 0.6 is 11.3 Å². The Balaban J connectivity index is 2.35. The summed E-state index contributed by atoms with van der Waals surface area (Å²) in [5.41, 5.74) is 0.781. The molecule has 0 bridgehead atoms. The van der Waals surface area contributed by atoms with E-state index < -0.39 is 18.9 Å². The maximum absolute atomic E-state index is 11.8. The van der Waals surface area contributed by atoms with E-state index >= 15 is 0 Å². The molecule has 1 aromatic heterocycles. The van der Waals surface area contributed by atoms with Gasteiger partial charge in [0, 0.05) is 22.8 Å². The summed E-state index contributed by atoms with van der Waals surface area (Å²) < 4.78 is 39.8. The zero-order valence-electron chi connectivity index (χ0n) is 9.67. The third kappa shape index (κ3) is 5.06. The maximum atomic E-state index is 11.8. The zero-order chi connectivity index (χ0) is 13.1. The molecule has 1 N–H and O–H groups in total. The van der Waals surface area contributed by atoms with Crippen molar-refractivity contribution >= 4 is 11.3 Å². The zero-order valence-corrected chi connectivity index (χ0v) is 10.5. The van der Waals surface area contributed by atoms with E-state index in [1.807, 2.05) is 19.9 Å². The molecule has 1 atom stereocenters. The molecule has 0 radical (unpaired) electrons. The summed E-state index contributed by atoms with van der Waals surface area (Å²) >= 11 is 1.56. The molecule has 98 valence electrons. The lowest BCUT2D eigenvalue weighted by Crippen LogP contribution is -2.18. The fraction of sp³-hybridized carbons (Fsp3) is 0.636. The Morgan fingerprint density at radius 3 is 2.53 bits per heavy atom. The number of thiophene rings is 1. The highest BCUT2D eigenvalue weighted by Gasteiger charge is 2.27. The normalized spacial score (nSPS) is 14.0. The van der Waals surface area contributed by atoms with Gasteiger partial charge in [-0.2, -0.15) is 13.2 Å². The highest BCUT2D eigenvalue weighted by atomic mass is 32.1. The molecule has 1 aromatic rings. The quantitative estimate of drug-likeness (QED) is 0.830. The van der Waals surface area contributed by atoms with Crippen molar-refractivity contribution < 1.29 is 23.0 Å². The van der Waals surface area contributed by atoms with Crippen LogP contribution in [0.15, 0.2) is 6.07 Å². The van der Waals surface area contributed by atoms with Gasteiger partial charge < -0.3 is 9.84 Å². The molecule has 6 heteroatoms. The molecule has 17 heavy (non-hydrogen) atoms. The van der Waals surface area contributed by atoms with Crippen LogP contribution in [0.25, 0.3) is 0 Å². The molecular weight excluding hydrogens is 253 g/mol. The van der Waals surface area contributed by atoms with Crippen molar-refractivity contribution in [2.45, 2.75) is 32.5 Å². The standard InChI is InChI=1S/C11H15F3O2S/c1-7-5-9(8(2)17-7)10(15)3-4-16-6-11(12,13)14/h5,10,15H,3-4,6H2,1-2H3. The van der Waals surface area contributed by atoms with Gasteiger partial charge in [-0.25, -0.2) is 0 Å². The van der Waals surface area contributed by atoms with Crippen LogP contribution in [0.2, 0.25) is 0 Å². The molecule has 0 spiro atoms. The molecule has 0 amide bonds. The van der Waals surface area contributed by atoms with E-state index in [1.54, 1.807) is 11.3 Å². The fourth-order valence-corrected chi connectivity index (χ4v) is 2.50. The van der Waals surface area contributed by atoms with Gasteiger partial charge in [0.1, 0.15) is 6.61 Å². The van der Waals surface area contributed by atoms with E-state index in [1.165, 1.54) is 0 Å². The topological polar surface area (TPSA) is 29.5 Å². The van der Waals surface area contributed by atoms with Crippen LogP contribution in [0.5, 0.6) is 0 Å². The maximum Gasteiger partial charge on any atom is 0.411 e. The summed E-state index contributed by atoms with van der Waals surface area (Å²) in [6.45, 7) is 2.44. The first-order valence-corrected chi connectivity index (χ1v) is 6.01. The average Bonchev–Trinajstić information content (AvgIpc) is 2.51. The highest BCUT2D eigenvalue weighted by molar-refractivity contribution is 7.12. The largest absolute Gasteiger partial charge is 0.411 e. The third-order valence-corrected chi connectivity index (χ3v) is 3.22. The van der Waals surface area contributed by atoms with Gasteiger partial charge >= 0.3 is 6.18 Å². The van der Waals surface area contributed by atoms with E-state index in [-0.39, 0.29) is 13.0 Å². The van der Waals surface area contributed by atoms with E-state index in [4.69, 9.17) is 0 Å². The minimum atomic E-state index is -4.31. The van der Waals surface area contributed by atoms with E-state index in [9.17, 15) is 18.3 Å². The second-order valence-corrected chi connectivity index (χ2v) is 5.30. The molecule has 0 aliphatic rings. The number of ether oxygens (including phenoxy) is 1. The monoisotopic (exact) mass is 268 g/mol. The summed E-state index contributed by atoms with van der Waals surface area (Å²) in [5, 5.41) is 9.79. The van der Waals surface area contributed by atoms with Gasteiger partial charge in [0.05, 0.1) is 6.10 Å². The number of aliphatic hydroxyl groups excluding tert-OH is 1. The average molecular weight is 268 g/mol. The van der Waals surface area contributed by atoms with Crippen molar-refractivity contribution in [3.8, 4) is 0 Å². The number of halogens is 3. The van der Waals surface area contributed by atoms with Gasteiger partial charge in [0.2, 0.25) is 0 Å². The number of alkyl halides is 3. The highest BCUT2D eigenvalue weighted by Crippen LogP contribution is 2.28. The molecule has 1 unspecified atom stereocenters. The molecule has 0 fully saturated rings. The molecule has 0 aliphatic carbocycles. The predicted molar refractivity (Wildman–Crippen MR) is 60.2 cm³/mol. The Labute approximate surface area is 102 Å². The Hall–Kier alpha value is -0.590. The molecule has 2 nitrogen and oxygen atoms in total. The Morgan fingerprint density at radius 2 is 2.06 bits per heavy atom. The van der Waals surface area contributed by atoms with Gasteiger partial charge in [0.25, 0.3) is 0 Å².